The molecule has 6 heteroatoms. The van der Waals surface area contributed by atoms with E-state index in [1.165, 1.54) is 6.07 Å². The first-order valence-electron chi connectivity index (χ1n) is 8.62. The third-order valence-corrected chi connectivity index (χ3v) is 4.99. The van der Waals surface area contributed by atoms with Gasteiger partial charge in [-0.3, -0.25) is 9.69 Å². The molecule has 4 rings (SSSR count). The fraction of sp³-hybridized carbons (Fsp3) is 0.368. The van der Waals surface area contributed by atoms with Crippen LogP contribution in [0.5, 0.6) is 0 Å². The number of nitrogens with one attached hydrogen (secondary N) is 1. The zero-order chi connectivity index (χ0) is 17.4. The Balaban J connectivity index is 1.58. The van der Waals surface area contributed by atoms with Crippen LogP contribution in [0, 0.1) is 5.82 Å². The molecule has 0 unspecified atom stereocenters. The van der Waals surface area contributed by atoms with Gasteiger partial charge in [-0.05, 0) is 31.5 Å². The molecule has 0 saturated carbocycles. The number of aryl methyl sites for hydroxylation is 1. The van der Waals surface area contributed by atoms with Crippen LogP contribution >= 0.6 is 0 Å². The second-order valence-electron chi connectivity index (χ2n) is 6.79. The van der Waals surface area contributed by atoms with Crippen LogP contribution in [0.4, 0.5) is 4.39 Å². The summed E-state index contributed by atoms with van der Waals surface area (Å²) in [6.07, 6.45) is 6.00. The number of benzene rings is 1. The quantitative estimate of drug-likeness (QED) is 0.798. The molecule has 3 heterocycles. The Hall–Kier alpha value is -2.47. The predicted octanol–water partition coefficient (Wildman–Crippen LogP) is 2.78. The van der Waals surface area contributed by atoms with Gasteiger partial charge in [0.1, 0.15) is 11.6 Å². The molecule has 1 fully saturated rings. The van der Waals surface area contributed by atoms with Crippen molar-refractivity contribution in [2.45, 2.75) is 25.3 Å². The molecule has 1 aliphatic rings. The normalized spacial score (nSPS) is 18.7. The zero-order valence-corrected chi connectivity index (χ0v) is 14.2. The molecule has 1 atom stereocenters. The summed E-state index contributed by atoms with van der Waals surface area (Å²) in [5.74, 6) is 1.10. The summed E-state index contributed by atoms with van der Waals surface area (Å²) in [5, 5.41) is 0.397. The van der Waals surface area contributed by atoms with E-state index in [1.807, 2.05) is 19.4 Å². The number of fused-ring (bicyclic) bond motifs is 1. The van der Waals surface area contributed by atoms with Gasteiger partial charge in [0, 0.05) is 55.6 Å². The maximum Gasteiger partial charge on any atom is 0.189 e. The van der Waals surface area contributed by atoms with Crippen molar-refractivity contribution in [2.75, 3.05) is 13.1 Å². The molecule has 3 aromatic rings. The lowest BCUT2D eigenvalue weighted by Gasteiger charge is -2.32. The number of likely N-dealkylation sites (tertiary alicyclic amines) is 1. The Kier molecular flexibility index (Phi) is 4.13. The van der Waals surface area contributed by atoms with Crippen molar-refractivity contribution < 1.29 is 4.39 Å². The Morgan fingerprint density at radius 1 is 1.40 bits per heavy atom. The summed E-state index contributed by atoms with van der Waals surface area (Å²) < 4.78 is 16.1. The highest BCUT2D eigenvalue weighted by molar-refractivity contribution is 5.78. The number of pyridine rings is 1. The number of aromatic nitrogens is 3. The van der Waals surface area contributed by atoms with Crippen molar-refractivity contribution in [3.8, 4) is 0 Å². The molecule has 1 aromatic carbocycles. The van der Waals surface area contributed by atoms with Crippen molar-refractivity contribution >= 4 is 10.9 Å². The number of para-hydroxylation sites is 1. The van der Waals surface area contributed by atoms with Crippen LogP contribution < -0.4 is 5.43 Å². The average molecular weight is 340 g/mol. The van der Waals surface area contributed by atoms with Gasteiger partial charge in [-0.1, -0.05) is 6.07 Å². The van der Waals surface area contributed by atoms with E-state index >= 15 is 0 Å². The second kappa shape index (κ2) is 6.44. The van der Waals surface area contributed by atoms with E-state index in [9.17, 15) is 9.18 Å². The van der Waals surface area contributed by atoms with E-state index in [1.54, 1.807) is 18.2 Å². The average Bonchev–Trinajstić information content (AvgIpc) is 3.02. The van der Waals surface area contributed by atoms with E-state index in [-0.39, 0.29) is 11.2 Å². The molecule has 25 heavy (non-hydrogen) atoms. The Morgan fingerprint density at radius 2 is 2.28 bits per heavy atom. The number of imidazole rings is 1. The largest absolute Gasteiger partial charge is 0.355 e. The Labute approximate surface area is 145 Å². The minimum absolute atomic E-state index is 0.138. The van der Waals surface area contributed by atoms with Gasteiger partial charge < -0.3 is 9.55 Å². The lowest BCUT2D eigenvalue weighted by molar-refractivity contribution is 0.193. The summed E-state index contributed by atoms with van der Waals surface area (Å²) in [6, 6.07) is 6.18. The smallest absolute Gasteiger partial charge is 0.189 e. The molecular weight excluding hydrogens is 319 g/mol. The van der Waals surface area contributed by atoms with Crippen LogP contribution in [0.2, 0.25) is 0 Å². The van der Waals surface area contributed by atoms with Crippen LogP contribution in [0.15, 0.2) is 41.5 Å². The minimum atomic E-state index is -0.388. The maximum absolute atomic E-state index is 14.0. The topological polar surface area (TPSA) is 53.9 Å². The molecule has 5 nitrogen and oxygen atoms in total. The van der Waals surface area contributed by atoms with Crippen LogP contribution in [0.3, 0.4) is 0 Å². The number of H-pyrrole nitrogens is 1. The molecule has 1 saturated heterocycles. The van der Waals surface area contributed by atoms with Crippen molar-refractivity contribution in [3.63, 3.8) is 0 Å². The van der Waals surface area contributed by atoms with Crippen molar-refractivity contribution in [3.05, 3.63) is 64.2 Å². The van der Waals surface area contributed by atoms with E-state index in [4.69, 9.17) is 0 Å². The molecule has 0 radical (unpaired) electrons. The van der Waals surface area contributed by atoms with E-state index < -0.39 is 0 Å². The van der Waals surface area contributed by atoms with Crippen LogP contribution in [0.1, 0.15) is 30.3 Å². The predicted molar refractivity (Wildman–Crippen MR) is 95.0 cm³/mol. The first-order valence-corrected chi connectivity index (χ1v) is 8.62. The third kappa shape index (κ3) is 3.09. The summed E-state index contributed by atoms with van der Waals surface area (Å²) >= 11 is 0. The third-order valence-electron chi connectivity index (χ3n) is 4.99. The zero-order valence-electron chi connectivity index (χ0n) is 14.2. The van der Waals surface area contributed by atoms with Gasteiger partial charge in [-0.2, -0.15) is 0 Å². The summed E-state index contributed by atoms with van der Waals surface area (Å²) in [6.45, 7) is 2.47. The summed E-state index contributed by atoms with van der Waals surface area (Å²) in [5.41, 5.74) is 0.909. The maximum atomic E-state index is 14.0. The highest BCUT2D eigenvalue weighted by atomic mass is 19.1. The SMILES string of the molecule is Cn1ccnc1[C@H]1CCCN(Cc2cc(=O)c3cccc(F)c3[nH]2)C1. The first-order chi connectivity index (χ1) is 12.1. The van der Waals surface area contributed by atoms with Gasteiger partial charge in [0.15, 0.2) is 5.43 Å². The number of aromatic amines is 1. The van der Waals surface area contributed by atoms with Gasteiger partial charge >= 0.3 is 0 Å². The number of piperidine rings is 1. The minimum Gasteiger partial charge on any atom is -0.355 e. The van der Waals surface area contributed by atoms with Gasteiger partial charge in [0.25, 0.3) is 0 Å². The van der Waals surface area contributed by atoms with E-state index in [2.05, 4.69) is 19.4 Å². The molecule has 0 amide bonds. The summed E-state index contributed by atoms with van der Waals surface area (Å²) in [7, 11) is 2.02. The molecule has 1 N–H and O–H groups in total. The number of hydrogen-bond acceptors (Lipinski definition) is 3. The fourth-order valence-electron chi connectivity index (χ4n) is 3.80. The fourth-order valence-corrected chi connectivity index (χ4v) is 3.80. The second-order valence-corrected chi connectivity index (χ2v) is 6.79. The van der Waals surface area contributed by atoms with Crippen LogP contribution in [-0.2, 0) is 13.6 Å². The molecule has 2 aromatic heterocycles. The molecule has 130 valence electrons. The van der Waals surface area contributed by atoms with Gasteiger partial charge in [-0.15, -0.1) is 0 Å². The number of rotatable bonds is 3. The number of halogens is 1. The van der Waals surface area contributed by atoms with Crippen molar-refractivity contribution in [1.29, 1.82) is 0 Å². The Morgan fingerprint density at radius 3 is 3.08 bits per heavy atom. The molecule has 1 aliphatic heterocycles. The highest BCUT2D eigenvalue weighted by Gasteiger charge is 2.24. The van der Waals surface area contributed by atoms with Crippen LogP contribution in [0.25, 0.3) is 10.9 Å². The summed E-state index contributed by atoms with van der Waals surface area (Å²) in [4.78, 5) is 22.2. The van der Waals surface area contributed by atoms with Gasteiger partial charge in [0.05, 0.1) is 5.52 Å². The van der Waals surface area contributed by atoms with Gasteiger partial charge in [-0.25, -0.2) is 9.37 Å². The molecule has 0 bridgehead atoms. The van der Waals surface area contributed by atoms with Crippen LogP contribution in [-0.4, -0.2) is 32.5 Å². The standard InChI is InChI=1S/C19H21FN4O/c1-23-9-7-21-19(23)13-4-3-8-24(11-13)12-14-10-17(25)15-5-2-6-16(20)18(15)22-14/h2,5-7,9-10,13H,3-4,8,11-12H2,1H3,(H,22,25)/t13-/m0/s1. The monoisotopic (exact) mass is 340 g/mol. The van der Waals surface area contributed by atoms with E-state index in [0.717, 1.165) is 37.4 Å². The Bertz CT molecular complexity index is 961. The van der Waals surface area contributed by atoms with Crippen molar-refractivity contribution in [1.82, 2.24) is 19.4 Å². The lowest BCUT2D eigenvalue weighted by atomic mass is 9.97. The number of nitrogens with zero attached hydrogens (tertiary/aromatic N) is 3. The van der Waals surface area contributed by atoms with Gasteiger partial charge in [0.2, 0.25) is 0 Å². The van der Waals surface area contributed by atoms with E-state index in [0.29, 0.717) is 23.4 Å². The highest BCUT2D eigenvalue weighted by Crippen LogP contribution is 2.26. The number of hydrogen-bond donors (Lipinski definition) is 1. The first kappa shape index (κ1) is 16.0. The lowest BCUT2D eigenvalue weighted by Crippen LogP contribution is -2.35. The van der Waals surface area contributed by atoms with Crippen molar-refractivity contribution in [2.24, 2.45) is 7.05 Å². The molecular formula is C19H21FN4O. The molecule has 0 aliphatic carbocycles. The molecule has 0 spiro atoms.